The summed E-state index contributed by atoms with van der Waals surface area (Å²) in [5, 5.41) is 0.454. The minimum Gasteiger partial charge on any atom is -0.309 e. The van der Waals surface area contributed by atoms with E-state index in [1.165, 1.54) is 31.3 Å². The largest absolute Gasteiger partial charge is 0.309 e. The van der Waals surface area contributed by atoms with Crippen LogP contribution >= 0.6 is 11.6 Å². The minimum atomic E-state index is -3.76. The molecule has 25 heavy (non-hydrogen) atoms. The lowest BCUT2D eigenvalue weighted by Crippen LogP contribution is -2.43. The van der Waals surface area contributed by atoms with Gasteiger partial charge < -0.3 is 4.90 Å². The Morgan fingerprint density at radius 3 is 2.72 bits per heavy atom. The van der Waals surface area contributed by atoms with Crippen LogP contribution in [-0.4, -0.2) is 43.8 Å². The van der Waals surface area contributed by atoms with Gasteiger partial charge in [0.2, 0.25) is 15.9 Å². The number of hydrogen-bond acceptors (Lipinski definition) is 4. The van der Waals surface area contributed by atoms with Gasteiger partial charge in [0.15, 0.2) is 0 Å². The van der Waals surface area contributed by atoms with Crippen LogP contribution in [0.5, 0.6) is 0 Å². The summed E-state index contributed by atoms with van der Waals surface area (Å²) in [4.78, 5) is 18.7. The highest BCUT2D eigenvalue weighted by molar-refractivity contribution is 7.89. The molecule has 0 atom stereocenters. The zero-order valence-electron chi connectivity index (χ0n) is 13.7. The summed E-state index contributed by atoms with van der Waals surface area (Å²) in [5.74, 6) is -0.269. The number of carbonyl (C=O) groups excluding carboxylic acids is 1. The Kier molecular flexibility index (Phi) is 5.08. The van der Waals surface area contributed by atoms with Crippen LogP contribution in [0.25, 0.3) is 0 Å². The van der Waals surface area contributed by atoms with E-state index in [0.29, 0.717) is 11.6 Å². The van der Waals surface area contributed by atoms with Crippen LogP contribution in [0.1, 0.15) is 12.1 Å². The van der Waals surface area contributed by atoms with Gasteiger partial charge >= 0.3 is 0 Å². The standard InChI is InChI=1S/C17H18ClN3O3S/c1-20(25(23,24)14-8-6-13(18)7-9-14)12-17(22)21-11-3-4-15-16(21)5-2-10-19-15/h2,5-10H,3-4,11-12H2,1H3. The first-order valence-corrected chi connectivity index (χ1v) is 9.67. The van der Waals surface area contributed by atoms with Crippen LogP contribution < -0.4 is 4.90 Å². The number of pyridine rings is 1. The first-order valence-electron chi connectivity index (χ1n) is 7.86. The van der Waals surface area contributed by atoms with Gasteiger partial charge in [-0.1, -0.05) is 11.6 Å². The summed E-state index contributed by atoms with van der Waals surface area (Å²) in [7, 11) is -2.36. The Balaban J connectivity index is 1.78. The predicted molar refractivity (Wildman–Crippen MR) is 96.2 cm³/mol. The molecule has 2 aromatic rings. The van der Waals surface area contributed by atoms with Crippen molar-refractivity contribution in [3.05, 3.63) is 53.3 Å². The average molecular weight is 380 g/mol. The molecule has 0 saturated heterocycles. The summed E-state index contributed by atoms with van der Waals surface area (Å²) < 4.78 is 26.3. The molecule has 1 aliphatic heterocycles. The van der Waals surface area contributed by atoms with Gasteiger partial charge in [-0.3, -0.25) is 9.78 Å². The molecular weight excluding hydrogens is 362 g/mol. The molecule has 132 valence electrons. The molecule has 1 aromatic carbocycles. The van der Waals surface area contributed by atoms with Crippen LogP contribution in [0.15, 0.2) is 47.5 Å². The first kappa shape index (κ1) is 17.8. The second-order valence-electron chi connectivity index (χ2n) is 5.83. The molecule has 0 N–H and O–H groups in total. The maximum Gasteiger partial charge on any atom is 0.243 e. The van der Waals surface area contributed by atoms with E-state index in [1.54, 1.807) is 17.2 Å². The van der Waals surface area contributed by atoms with Crippen LogP contribution in [0.3, 0.4) is 0 Å². The van der Waals surface area contributed by atoms with Gasteiger partial charge in [0.1, 0.15) is 0 Å². The number of amides is 1. The fourth-order valence-corrected chi connectivity index (χ4v) is 4.05. The number of carbonyl (C=O) groups is 1. The van der Waals surface area contributed by atoms with Gasteiger partial charge in [0.05, 0.1) is 22.8 Å². The van der Waals surface area contributed by atoms with Gasteiger partial charge in [-0.25, -0.2) is 8.42 Å². The van der Waals surface area contributed by atoms with Crippen molar-refractivity contribution in [2.24, 2.45) is 0 Å². The number of anilines is 1. The van der Waals surface area contributed by atoms with Crippen LogP contribution in [0.2, 0.25) is 5.02 Å². The van der Waals surface area contributed by atoms with Crippen molar-refractivity contribution in [3.63, 3.8) is 0 Å². The quantitative estimate of drug-likeness (QED) is 0.817. The van der Waals surface area contributed by atoms with Crippen molar-refractivity contribution in [2.75, 3.05) is 25.0 Å². The second-order valence-corrected chi connectivity index (χ2v) is 8.31. The van der Waals surface area contributed by atoms with E-state index in [-0.39, 0.29) is 17.3 Å². The number of likely N-dealkylation sites (N-methyl/N-ethyl adjacent to an activating group) is 1. The van der Waals surface area contributed by atoms with Gasteiger partial charge in [-0.05, 0) is 49.2 Å². The van der Waals surface area contributed by atoms with Crippen LogP contribution in [0.4, 0.5) is 5.69 Å². The predicted octanol–water partition coefficient (Wildman–Crippen LogP) is 2.33. The number of hydrogen-bond donors (Lipinski definition) is 0. The van der Waals surface area contributed by atoms with E-state index >= 15 is 0 Å². The average Bonchev–Trinajstić information content (AvgIpc) is 2.61. The Bertz CT molecular complexity index is 884. The summed E-state index contributed by atoms with van der Waals surface area (Å²) in [6, 6.07) is 9.50. The van der Waals surface area contributed by atoms with Gasteiger partial charge in [-0.15, -0.1) is 0 Å². The Morgan fingerprint density at radius 2 is 2.00 bits per heavy atom. The maximum absolute atomic E-state index is 12.7. The topological polar surface area (TPSA) is 70.6 Å². The minimum absolute atomic E-state index is 0.105. The second kappa shape index (κ2) is 7.11. The Hall–Kier alpha value is -1.96. The van der Waals surface area contributed by atoms with Crippen molar-refractivity contribution in [2.45, 2.75) is 17.7 Å². The number of aromatic nitrogens is 1. The molecule has 1 aromatic heterocycles. The molecule has 1 aliphatic rings. The maximum atomic E-state index is 12.7. The number of sulfonamides is 1. The van der Waals surface area contributed by atoms with Crippen molar-refractivity contribution >= 4 is 33.2 Å². The molecular formula is C17H18ClN3O3S. The third-order valence-corrected chi connectivity index (χ3v) is 6.20. The fourth-order valence-electron chi connectivity index (χ4n) is 2.80. The third-order valence-electron chi connectivity index (χ3n) is 4.13. The lowest BCUT2D eigenvalue weighted by molar-refractivity contribution is -0.118. The summed E-state index contributed by atoms with van der Waals surface area (Å²) in [5.41, 5.74) is 1.63. The van der Waals surface area contributed by atoms with Crippen molar-refractivity contribution in [3.8, 4) is 0 Å². The highest BCUT2D eigenvalue weighted by Gasteiger charge is 2.28. The SMILES string of the molecule is CN(CC(=O)N1CCCc2ncccc21)S(=O)(=O)c1ccc(Cl)cc1. The fraction of sp³-hybridized carbons (Fsp3) is 0.294. The summed E-state index contributed by atoms with van der Waals surface area (Å²) in [6.45, 7) is 0.325. The molecule has 0 unspecified atom stereocenters. The van der Waals surface area contributed by atoms with Gasteiger partial charge in [-0.2, -0.15) is 4.31 Å². The molecule has 8 heteroatoms. The summed E-state index contributed by atoms with van der Waals surface area (Å²) in [6.07, 6.45) is 3.33. The number of fused-ring (bicyclic) bond motifs is 1. The van der Waals surface area contributed by atoms with Crippen molar-refractivity contribution < 1.29 is 13.2 Å². The number of benzene rings is 1. The third kappa shape index (κ3) is 3.68. The van der Waals surface area contributed by atoms with Crippen LogP contribution in [-0.2, 0) is 21.2 Å². The molecule has 0 fully saturated rings. The van der Waals surface area contributed by atoms with Gasteiger partial charge in [0.25, 0.3) is 0 Å². The van der Waals surface area contributed by atoms with Crippen molar-refractivity contribution in [1.82, 2.24) is 9.29 Å². The normalized spacial score (nSPS) is 14.4. The zero-order valence-corrected chi connectivity index (χ0v) is 15.3. The van der Waals surface area contributed by atoms with E-state index in [1.807, 2.05) is 6.07 Å². The summed E-state index contributed by atoms with van der Waals surface area (Å²) >= 11 is 5.80. The highest BCUT2D eigenvalue weighted by atomic mass is 35.5. The first-order chi connectivity index (χ1) is 11.9. The smallest absolute Gasteiger partial charge is 0.243 e. The van der Waals surface area contributed by atoms with Crippen molar-refractivity contribution in [1.29, 1.82) is 0 Å². The molecule has 0 saturated carbocycles. The van der Waals surface area contributed by atoms with E-state index < -0.39 is 10.0 Å². The lowest BCUT2D eigenvalue weighted by Gasteiger charge is -2.30. The zero-order chi connectivity index (χ0) is 18.0. The van der Waals surface area contributed by atoms with E-state index in [0.717, 1.165) is 28.5 Å². The molecule has 0 bridgehead atoms. The molecule has 1 amide bonds. The Labute approximate surface area is 152 Å². The van der Waals surface area contributed by atoms with Crippen LogP contribution in [0, 0.1) is 0 Å². The van der Waals surface area contributed by atoms with E-state index in [4.69, 9.17) is 11.6 Å². The van der Waals surface area contributed by atoms with Gasteiger partial charge in [0, 0.05) is 24.8 Å². The number of nitrogens with zero attached hydrogens (tertiary/aromatic N) is 3. The number of rotatable bonds is 4. The number of aryl methyl sites for hydroxylation is 1. The molecule has 2 heterocycles. The lowest BCUT2D eigenvalue weighted by atomic mass is 10.1. The molecule has 6 nitrogen and oxygen atoms in total. The highest BCUT2D eigenvalue weighted by Crippen LogP contribution is 2.25. The number of halogens is 1. The molecule has 3 rings (SSSR count). The molecule has 0 spiro atoms. The monoisotopic (exact) mass is 379 g/mol. The Morgan fingerprint density at radius 1 is 1.28 bits per heavy atom. The van der Waals surface area contributed by atoms with E-state index in [2.05, 4.69) is 4.98 Å². The molecule has 0 aliphatic carbocycles. The molecule has 0 radical (unpaired) electrons. The van der Waals surface area contributed by atoms with E-state index in [9.17, 15) is 13.2 Å².